The van der Waals surface area contributed by atoms with E-state index in [2.05, 4.69) is 0 Å². The van der Waals surface area contributed by atoms with Crippen LogP contribution in [0.5, 0.6) is 17.2 Å². The largest absolute Gasteiger partial charge is 0.493 e. The van der Waals surface area contributed by atoms with Gasteiger partial charge in [0.15, 0.2) is 11.5 Å². The Morgan fingerprint density at radius 2 is 1.62 bits per heavy atom. The minimum atomic E-state index is -0.683. The van der Waals surface area contributed by atoms with E-state index in [1.54, 1.807) is 26.4 Å². The first-order valence-electron chi connectivity index (χ1n) is 8.88. The molecule has 5 heteroatoms. The highest BCUT2D eigenvalue weighted by atomic mass is 16.5. The maximum absolute atomic E-state index is 10.6. The molecule has 142 valence electrons. The number of nitrogens with two attached hydrogens (primary N) is 1. The average Bonchev–Trinajstić information content (AvgIpc) is 2.70. The lowest BCUT2D eigenvalue weighted by molar-refractivity contribution is 0.0865. The van der Waals surface area contributed by atoms with Crippen molar-refractivity contribution in [2.24, 2.45) is 11.7 Å². The molecule has 2 rings (SSSR count). The Morgan fingerprint density at radius 1 is 1.00 bits per heavy atom. The van der Waals surface area contributed by atoms with Crippen LogP contribution in [-0.2, 0) is 6.61 Å². The van der Waals surface area contributed by atoms with Crippen molar-refractivity contribution in [2.75, 3.05) is 14.2 Å². The highest BCUT2D eigenvalue weighted by molar-refractivity contribution is 5.52. The molecule has 0 aromatic heterocycles. The highest BCUT2D eigenvalue weighted by Crippen LogP contribution is 2.39. The number of aliphatic hydroxyl groups is 1. The van der Waals surface area contributed by atoms with E-state index in [1.807, 2.05) is 44.2 Å². The zero-order chi connectivity index (χ0) is 19.1. The summed E-state index contributed by atoms with van der Waals surface area (Å²) < 4.78 is 16.8. The van der Waals surface area contributed by atoms with E-state index >= 15 is 0 Å². The molecule has 5 nitrogen and oxygen atoms in total. The lowest BCUT2D eigenvalue weighted by Gasteiger charge is -2.26. The van der Waals surface area contributed by atoms with Crippen LogP contribution in [-0.4, -0.2) is 25.4 Å². The van der Waals surface area contributed by atoms with Crippen LogP contribution < -0.4 is 19.9 Å². The first-order valence-corrected chi connectivity index (χ1v) is 8.88. The number of aliphatic hydroxyl groups excluding tert-OH is 1. The van der Waals surface area contributed by atoms with Gasteiger partial charge in [-0.3, -0.25) is 0 Å². The molecule has 0 fully saturated rings. The van der Waals surface area contributed by atoms with Gasteiger partial charge in [0.2, 0.25) is 0 Å². The number of methoxy groups -OCH3 is 2. The third-order valence-corrected chi connectivity index (χ3v) is 4.71. The number of ether oxygens (including phenoxy) is 3. The van der Waals surface area contributed by atoms with E-state index in [0.717, 1.165) is 12.0 Å². The molecular weight excluding hydrogens is 330 g/mol. The molecule has 0 heterocycles. The topological polar surface area (TPSA) is 73.9 Å². The first kappa shape index (κ1) is 20.1. The number of rotatable bonds is 9. The molecule has 0 spiro atoms. The van der Waals surface area contributed by atoms with Crippen molar-refractivity contribution in [1.82, 2.24) is 0 Å². The van der Waals surface area contributed by atoms with E-state index < -0.39 is 12.1 Å². The zero-order valence-corrected chi connectivity index (χ0v) is 15.9. The monoisotopic (exact) mass is 359 g/mol. The smallest absolute Gasteiger partial charge is 0.164 e. The standard InChI is InChI=1S/C21H29NO4/c1-5-14(2)21(23)20(22)16-11-18(24-3)19(25-4)12-17(16)26-13-15-9-7-6-8-10-15/h6-12,14,20-21,23H,5,13,22H2,1-4H3/t14?,20-,21+/m0/s1. The third kappa shape index (κ3) is 4.68. The van der Waals surface area contributed by atoms with Crippen LogP contribution in [0.4, 0.5) is 0 Å². The maximum Gasteiger partial charge on any atom is 0.164 e. The van der Waals surface area contributed by atoms with Crippen LogP contribution >= 0.6 is 0 Å². The molecule has 0 saturated carbocycles. The van der Waals surface area contributed by atoms with E-state index in [1.165, 1.54) is 0 Å². The van der Waals surface area contributed by atoms with Crippen LogP contribution in [0.3, 0.4) is 0 Å². The second kappa shape index (κ2) is 9.46. The lowest BCUT2D eigenvalue weighted by atomic mass is 9.91. The summed E-state index contributed by atoms with van der Waals surface area (Å²) in [6, 6.07) is 12.8. The van der Waals surface area contributed by atoms with Gasteiger partial charge in [0.05, 0.1) is 26.4 Å². The summed E-state index contributed by atoms with van der Waals surface area (Å²) in [4.78, 5) is 0. The van der Waals surface area contributed by atoms with Gasteiger partial charge in [0, 0.05) is 11.6 Å². The van der Waals surface area contributed by atoms with Gasteiger partial charge in [0.25, 0.3) is 0 Å². The Bertz CT molecular complexity index is 690. The Balaban J connectivity index is 2.36. The molecule has 0 amide bonds. The molecule has 3 atom stereocenters. The van der Waals surface area contributed by atoms with Crippen LogP contribution in [0, 0.1) is 5.92 Å². The first-order chi connectivity index (χ1) is 12.5. The van der Waals surface area contributed by atoms with Crippen LogP contribution in [0.2, 0.25) is 0 Å². The predicted molar refractivity (Wildman–Crippen MR) is 103 cm³/mol. The molecular formula is C21H29NO4. The molecule has 0 saturated heterocycles. The fourth-order valence-corrected chi connectivity index (χ4v) is 2.78. The van der Waals surface area contributed by atoms with E-state index in [4.69, 9.17) is 19.9 Å². The second-order valence-electron chi connectivity index (χ2n) is 6.42. The Morgan fingerprint density at radius 3 is 2.19 bits per heavy atom. The normalized spacial score (nSPS) is 14.4. The van der Waals surface area contributed by atoms with Crippen LogP contribution in [0.25, 0.3) is 0 Å². The van der Waals surface area contributed by atoms with Crippen molar-refractivity contribution < 1.29 is 19.3 Å². The van der Waals surface area contributed by atoms with Gasteiger partial charge >= 0.3 is 0 Å². The molecule has 2 aromatic rings. The molecule has 0 aliphatic heterocycles. The van der Waals surface area contributed by atoms with Gasteiger partial charge in [-0.1, -0.05) is 50.6 Å². The Kier molecular flexibility index (Phi) is 7.30. The quantitative estimate of drug-likeness (QED) is 0.714. The van der Waals surface area contributed by atoms with Crippen LogP contribution in [0.15, 0.2) is 42.5 Å². The Hall–Kier alpha value is -2.24. The number of hydrogen-bond acceptors (Lipinski definition) is 5. The summed E-state index contributed by atoms with van der Waals surface area (Å²) in [7, 11) is 3.15. The molecule has 0 bridgehead atoms. The second-order valence-corrected chi connectivity index (χ2v) is 6.42. The number of benzene rings is 2. The predicted octanol–water partition coefficient (Wildman–Crippen LogP) is 3.69. The molecule has 26 heavy (non-hydrogen) atoms. The van der Waals surface area contributed by atoms with Crippen molar-refractivity contribution >= 4 is 0 Å². The fourth-order valence-electron chi connectivity index (χ4n) is 2.78. The van der Waals surface area contributed by atoms with Crippen LogP contribution in [0.1, 0.15) is 37.4 Å². The lowest BCUT2D eigenvalue weighted by Crippen LogP contribution is -2.32. The molecule has 2 aromatic carbocycles. The maximum atomic E-state index is 10.6. The third-order valence-electron chi connectivity index (χ3n) is 4.71. The summed E-state index contributed by atoms with van der Waals surface area (Å²) >= 11 is 0. The summed E-state index contributed by atoms with van der Waals surface area (Å²) in [6.45, 7) is 4.41. The van der Waals surface area contributed by atoms with Crippen molar-refractivity contribution in [2.45, 2.75) is 39.0 Å². The van der Waals surface area contributed by atoms with Crippen molar-refractivity contribution in [3.05, 3.63) is 53.6 Å². The van der Waals surface area contributed by atoms with Gasteiger partial charge in [-0.2, -0.15) is 0 Å². The zero-order valence-electron chi connectivity index (χ0n) is 15.9. The van der Waals surface area contributed by atoms with Crippen molar-refractivity contribution in [3.8, 4) is 17.2 Å². The van der Waals surface area contributed by atoms with E-state index in [-0.39, 0.29) is 5.92 Å². The van der Waals surface area contributed by atoms with Gasteiger partial charge < -0.3 is 25.1 Å². The highest BCUT2D eigenvalue weighted by Gasteiger charge is 2.26. The summed E-state index contributed by atoms with van der Waals surface area (Å²) in [6.07, 6.45) is 0.153. The number of hydrogen-bond donors (Lipinski definition) is 2. The van der Waals surface area contributed by atoms with Crippen molar-refractivity contribution in [1.29, 1.82) is 0 Å². The minimum Gasteiger partial charge on any atom is -0.493 e. The van der Waals surface area contributed by atoms with E-state index in [0.29, 0.717) is 29.4 Å². The summed E-state index contributed by atoms with van der Waals surface area (Å²) in [5.74, 6) is 1.77. The minimum absolute atomic E-state index is 0.0695. The fraction of sp³-hybridized carbons (Fsp3) is 0.429. The molecule has 0 radical (unpaired) electrons. The summed E-state index contributed by atoms with van der Waals surface area (Å²) in [5, 5.41) is 10.6. The molecule has 3 N–H and O–H groups in total. The Labute approximate surface area is 155 Å². The molecule has 0 aliphatic rings. The van der Waals surface area contributed by atoms with Gasteiger partial charge in [-0.05, 0) is 17.5 Å². The van der Waals surface area contributed by atoms with Gasteiger partial charge in [-0.25, -0.2) is 0 Å². The van der Waals surface area contributed by atoms with E-state index in [9.17, 15) is 5.11 Å². The van der Waals surface area contributed by atoms with Gasteiger partial charge in [-0.15, -0.1) is 0 Å². The van der Waals surface area contributed by atoms with Crippen molar-refractivity contribution in [3.63, 3.8) is 0 Å². The SMILES string of the molecule is CCC(C)[C@@H](O)[C@@H](N)c1cc(OC)c(OC)cc1OCc1ccccc1. The molecule has 1 unspecified atom stereocenters. The van der Waals surface area contributed by atoms with Gasteiger partial charge in [0.1, 0.15) is 12.4 Å². The molecule has 0 aliphatic carbocycles. The average molecular weight is 359 g/mol. The summed E-state index contributed by atoms with van der Waals surface area (Å²) in [5.41, 5.74) is 8.12.